The Labute approximate surface area is 256 Å². The van der Waals surface area contributed by atoms with Crippen molar-refractivity contribution in [2.45, 2.75) is 64.6 Å². The molecule has 1 saturated heterocycles. The number of thiophene rings is 1. The monoisotopic (exact) mass is 633 g/mol. The molecule has 0 spiro atoms. The summed E-state index contributed by atoms with van der Waals surface area (Å²) in [5.74, 6) is -3.28. The minimum atomic E-state index is -1.28. The van der Waals surface area contributed by atoms with Crippen LogP contribution in [0, 0.1) is 5.95 Å². The largest absolute Gasteiger partial charge is 0.463 e. The van der Waals surface area contributed by atoms with Crippen molar-refractivity contribution in [2.75, 3.05) is 6.61 Å². The van der Waals surface area contributed by atoms with Crippen LogP contribution in [-0.2, 0) is 49.3 Å². The molecule has 13 heteroatoms. The van der Waals surface area contributed by atoms with Gasteiger partial charge in [-0.25, -0.2) is 4.98 Å². The summed E-state index contributed by atoms with van der Waals surface area (Å²) in [5.41, 5.74) is 2.02. The Hall–Kier alpha value is -3.87. The van der Waals surface area contributed by atoms with Crippen LogP contribution in [0.3, 0.4) is 0 Å². The number of pyridine rings is 1. The van der Waals surface area contributed by atoms with Gasteiger partial charge in [0, 0.05) is 60.7 Å². The molecule has 0 saturated carbocycles. The molecular formula is C30H29ClFNO9S. The molecule has 43 heavy (non-hydrogen) atoms. The molecule has 0 N–H and O–H groups in total. The first-order valence-corrected chi connectivity index (χ1v) is 14.4. The van der Waals surface area contributed by atoms with E-state index < -0.39 is 60.3 Å². The Morgan fingerprint density at radius 3 is 2.19 bits per heavy atom. The first-order valence-electron chi connectivity index (χ1n) is 13.2. The number of ether oxygens (including phenoxy) is 5. The van der Waals surface area contributed by atoms with Gasteiger partial charge in [-0.3, -0.25) is 19.2 Å². The van der Waals surface area contributed by atoms with E-state index in [0.717, 1.165) is 27.8 Å². The van der Waals surface area contributed by atoms with Crippen molar-refractivity contribution in [3.8, 4) is 10.4 Å². The van der Waals surface area contributed by atoms with Crippen LogP contribution in [0.4, 0.5) is 4.39 Å². The molecule has 0 radical (unpaired) electrons. The minimum Gasteiger partial charge on any atom is -0.463 e. The standard InChI is InChI=1S/C30H29ClFNO9S/c1-15(34)38-14-24-28(39-16(2)35)30(41-18(4)37)29(40-17(3)36)27(42-24)19-5-8-23(31)21(11-19)12-22-7-9-25(43-22)20-6-10-26(32)33-13-20/h5-11,13,24,27-30H,12,14H2,1-4H3/t24-,27?,28-,29+,30+/m1/s1. The van der Waals surface area contributed by atoms with Crippen LogP contribution in [-0.4, -0.2) is 59.9 Å². The number of carbonyl (C=O) groups is 4. The number of hydrogen-bond acceptors (Lipinski definition) is 11. The zero-order chi connectivity index (χ0) is 31.3. The van der Waals surface area contributed by atoms with Crippen molar-refractivity contribution in [1.82, 2.24) is 4.98 Å². The van der Waals surface area contributed by atoms with E-state index in [2.05, 4.69) is 4.98 Å². The van der Waals surface area contributed by atoms with Crippen LogP contribution < -0.4 is 0 Å². The number of esters is 4. The molecule has 4 rings (SSSR count). The summed E-state index contributed by atoms with van der Waals surface area (Å²) < 4.78 is 41.3. The van der Waals surface area contributed by atoms with Crippen molar-refractivity contribution in [2.24, 2.45) is 0 Å². The lowest BCUT2D eigenvalue weighted by molar-refractivity contribution is -0.254. The first-order chi connectivity index (χ1) is 20.4. The van der Waals surface area contributed by atoms with Crippen molar-refractivity contribution in [3.63, 3.8) is 0 Å². The fourth-order valence-corrected chi connectivity index (χ4v) is 5.95. The summed E-state index contributed by atoms with van der Waals surface area (Å²) in [5, 5.41) is 0.466. The Bertz CT molecular complexity index is 1490. The smallest absolute Gasteiger partial charge is 0.303 e. The molecule has 10 nitrogen and oxygen atoms in total. The van der Waals surface area contributed by atoms with Gasteiger partial charge in [0.1, 0.15) is 18.8 Å². The first kappa shape index (κ1) is 32.1. The Balaban J connectivity index is 1.70. The second kappa shape index (κ2) is 14.1. The number of carbonyl (C=O) groups excluding carboxylic acids is 4. The summed E-state index contributed by atoms with van der Waals surface area (Å²) >= 11 is 8.07. The van der Waals surface area contributed by atoms with E-state index in [0.29, 0.717) is 17.0 Å². The highest BCUT2D eigenvalue weighted by Crippen LogP contribution is 2.39. The van der Waals surface area contributed by atoms with E-state index in [1.807, 2.05) is 12.1 Å². The number of aromatic nitrogens is 1. The lowest BCUT2D eigenvalue weighted by Gasteiger charge is -2.44. The molecule has 228 valence electrons. The average Bonchev–Trinajstić information content (AvgIpc) is 3.39. The van der Waals surface area contributed by atoms with Crippen LogP contribution >= 0.6 is 22.9 Å². The highest BCUT2D eigenvalue weighted by atomic mass is 35.5. The van der Waals surface area contributed by atoms with Crippen LogP contribution in [0.2, 0.25) is 5.02 Å². The molecule has 1 unspecified atom stereocenters. The normalized spacial score (nSPS) is 21.5. The number of hydrogen-bond donors (Lipinski definition) is 0. The lowest BCUT2D eigenvalue weighted by atomic mass is 9.89. The van der Waals surface area contributed by atoms with Crippen molar-refractivity contribution in [3.05, 3.63) is 75.6 Å². The second-order valence-corrected chi connectivity index (χ2v) is 11.4. The van der Waals surface area contributed by atoms with Gasteiger partial charge in [0.25, 0.3) is 0 Å². The Morgan fingerprint density at radius 1 is 0.884 bits per heavy atom. The van der Waals surface area contributed by atoms with Crippen molar-refractivity contribution < 1.29 is 47.3 Å². The highest BCUT2D eigenvalue weighted by Gasteiger charge is 2.52. The summed E-state index contributed by atoms with van der Waals surface area (Å²) in [4.78, 5) is 53.5. The van der Waals surface area contributed by atoms with Gasteiger partial charge in [0.2, 0.25) is 5.95 Å². The van der Waals surface area contributed by atoms with Crippen LogP contribution in [0.25, 0.3) is 10.4 Å². The van der Waals surface area contributed by atoms with Gasteiger partial charge in [-0.2, -0.15) is 4.39 Å². The van der Waals surface area contributed by atoms with E-state index in [9.17, 15) is 23.6 Å². The number of rotatable bonds is 9. The lowest BCUT2D eigenvalue weighted by Crippen LogP contribution is -2.59. The average molecular weight is 634 g/mol. The molecule has 0 amide bonds. The zero-order valence-electron chi connectivity index (χ0n) is 23.7. The molecule has 1 aliphatic rings. The minimum absolute atomic E-state index is 0.328. The topological polar surface area (TPSA) is 127 Å². The van der Waals surface area contributed by atoms with E-state index in [-0.39, 0.29) is 6.61 Å². The maximum Gasteiger partial charge on any atom is 0.303 e. The van der Waals surface area contributed by atoms with Gasteiger partial charge >= 0.3 is 23.9 Å². The maximum atomic E-state index is 13.3. The zero-order valence-corrected chi connectivity index (χ0v) is 25.3. The third-order valence-corrected chi connectivity index (χ3v) is 7.93. The predicted molar refractivity (Wildman–Crippen MR) is 153 cm³/mol. The molecular weight excluding hydrogens is 605 g/mol. The molecule has 1 aliphatic heterocycles. The third kappa shape index (κ3) is 8.37. The fourth-order valence-electron chi connectivity index (χ4n) is 4.74. The van der Waals surface area contributed by atoms with Gasteiger partial charge in [0.05, 0.1) is 0 Å². The fraction of sp³-hybridized carbons (Fsp3) is 0.367. The van der Waals surface area contributed by atoms with Gasteiger partial charge in [-0.1, -0.05) is 23.7 Å². The van der Waals surface area contributed by atoms with Crippen LogP contribution in [0.15, 0.2) is 48.7 Å². The number of benzene rings is 1. The Morgan fingerprint density at radius 2 is 1.56 bits per heavy atom. The molecule has 3 aromatic rings. The molecule has 1 fully saturated rings. The number of nitrogens with zero attached hydrogens (tertiary/aromatic N) is 1. The summed E-state index contributed by atoms with van der Waals surface area (Å²) in [6, 6.07) is 11.9. The molecule has 2 aromatic heterocycles. The molecule has 1 aromatic carbocycles. The molecule has 5 atom stereocenters. The second-order valence-electron chi connectivity index (χ2n) is 9.78. The SMILES string of the molecule is CC(=O)OC[C@H]1OC(c2ccc(Cl)c(Cc3ccc(-c4ccc(F)nc4)s3)c2)[C@H](OC(C)=O)[C@@H](OC(C)=O)[C@@H]1OC(C)=O. The predicted octanol–water partition coefficient (Wildman–Crippen LogP) is 4.99. The van der Waals surface area contributed by atoms with Gasteiger partial charge in [0.15, 0.2) is 18.3 Å². The number of halogens is 2. The van der Waals surface area contributed by atoms with Crippen LogP contribution in [0.5, 0.6) is 0 Å². The van der Waals surface area contributed by atoms with Crippen LogP contribution in [0.1, 0.15) is 49.8 Å². The Kier molecular flexibility index (Phi) is 10.5. The van der Waals surface area contributed by atoms with E-state index >= 15 is 0 Å². The van der Waals surface area contributed by atoms with Gasteiger partial charge in [-0.05, 0) is 41.5 Å². The molecule has 0 aliphatic carbocycles. The third-order valence-electron chi connectivity index (χ3n) is 6.43. The van der Waals surface area contributed by atoms with E-state index in [1.165, 1.54) is 44.4 Å². The van der Waals surface area contributed by atoms with Crippen molar-refractivity contribution >= 4 is 46.8 Å². The summed E-state index contributed by atoms with van der Waals surface area (Å²) in [7, 11) is 0. The molecule has 3 heterocycles. The van der Waals surface area contributed by atoms with E-state index in [4.69, 9.17) is 35.3 Å². The van der Waals surface area contributed by atoms with Gasteiger partial charge in [-0.15, -0.1) is 11.3 Å². The molecule has 0 bridgehead atoms. The summed E-state index contributed by atoms with van der Waals surface area (Å²) in [6.07, 6.45) is -3.97. The van der Waals surface area contributed by atoms with Gasteiger partial charge < -0.3 is 23.7 Å². The van der Waals surface area contributed by atoms with Crippen molar-refractivity contribution in [1.29, 1.82) is 0 Å². The van der Waals surface area contributed by atoms with E-state index in [1.54, 1.807) is 24.3 Å². The maximum absolute atomic E-state index is 13.3. The quantitative estimate of drug-likeness (QED) is 0.181. The highest BCUT2D eigenvalue weighted by molar-refractivity contribution is 7.15. The summed E-state index contributed by atoms with van der Waals surface area (Å²) in [6.45, 7) is 4.39.